The molecule has 0 aliphatic heterocycles. The fraction of sp³-hybridized carbons (Fsp3) is 0.429. The van der Waals surface area contributed by atoms with Gasteiger partial charge in [-0.25, -0.2) is 0 Å². The summed E-state index contributed by atoms with van der Waals surface area (Å²) in [5.74, 6) is -0.410. The van der Waals surface area contributed by atoms with Crippen LogP contribution < -0.4 is 10.6 Å². The average Bonchev–Trinajstić information content (AvgIpc) is 2.39. The van der Waals surface area contributed by atoms with E-state index < -0.39 is 11.8 Å². The number of hydrogen-bond donors (Lipinski definition) is 2. The fourth-order valence-electron chi connectivity index (χ4n) is 1.49. The Morgan fingerprint density at radius 1 is 1.16 bits per heavy atom. The summed E-state index contributed by atoms with van der Waals surface area (Å²) in [7, 11) is 0. The summed E-state index contributed by atoms with van der Waals surface area (Å²) in [4.78, 5) is 23.0. The summed E-state index contributed by atoms with van der Waals surface area (Å²) in [6.45, 7) is 4.60. The number of halogens is 1. The van der Waals surface area contributed by atoms with Gasteiger partial charge in [0.1, 0.15) is 0 Å². The first-order chi connectivity index (χ1) is 9.04. The number of carbonyl (C=O) groups is 2. The number of nitrogens with one attached hydrogen (secondary N) is 2. The number of rotatable bonds is 5. The van der Waals surface area contributed by atoms with Crippen LogP contribution in [0, 0.1) is 0 Å². The van der Waals surface area contributed by atoms with Gasteiger partial charge in [-0.3, -0.25) is 9.59 Å². The van der Waals surface area contributed by atoms with E-state index in [2.05, 4.69) is 24.5 Å². The first-order valence-electron chi connectivity index (χ1n) is 6.29. The Kier molecular flexibility index (Phi) is 6.36. The lowest BCUT2D eigenvalue weighted by atomic mass is 10.0. The molecule has 1 rings (SSSR count). The second-order valence-electron chi connectivity index (χ2n) is 4.53. The highest BCUT2D eigenvalue weighted by atomic mass is 35.5. The minimum atomic E-state index is -0.660. The average molecular weight is 283 g/mol. The van der Waals surface area contributed by atoms with E-state index in [0.717, 1.165) is 0 Å². The van der Waals surface area contributed by atoms with E-state index in [1.165, 1.54) is 5.56 Å². The predicted octanol–water partition coefficient (Wildman–Crippen LogP) is 2.49. The molecule has 1 aromatic carbocycles. The zero-order chi connectivity index (χ0) is 14.3. The van der Waals surface area contributed by atoms with Crippen molar-refractivity contribution in [2.45, 2.75) is 26.2 Å². The highest BCUT2D eigenvalue weighted by Gasteiger charge is 2.12. The highest BCUT2D eigenvalue weighted by molar-refractivity contribution is 6.39. The van der Waals surface area contributed by atoms with Crippen molar-refractivity contribution in [3.8, 4) is 0 Å². The molecule has 0 atom stereocenters. The second kappa shape index (κ2) is 7.79. The van der Waals surface area contributed by atoms with Gasteiger partial charge in [-0.1, -0.05) is 26.0 Å². The maximum absolute atomic E-state index is 11.6. The van der Waals surface area contributed by atoms with Crippen molar-refractivity contribution >= 4 is 29.1 Å². The van der Waals surface area contributed by atoms with E-state index in [0.29, 0.717) is 30.5 Å². The molecule has 0 aromatic heterocycles. The van der Waals surface area contributed by atoms with Gasteiger partial charge in [0.15, 0.2) is 0 Å². The topological polar surface area (TPSA) is 58.2 Å². The molecule has 0 spiro atoms. The molecule has 0 aliphatic carbocycles. The van der Waals surface area contributed by atoms with Crippen LogP contribution in [0.25, 0.3) is 0 Å². The SMILES string of the molecule is CC(C)c1ccc(NC(=O)C(=O)NCCCCl)cc1. The lowest BCUT2D eigenvalue weighted by Gasteiger charge is -2.08. The second-order valence-corrected chi connectivity index (χ2v) is 4.91. The van der Waals surface area contributed by atoms with E-state index in [9.17, 15) is 9.59 Å². The summed E-state index contributed by atoms with van der Waals surface area (Å²) in [5, 5.41) is 5.05. The summed E-state index contributed by atoms with van der Waals surface area (Å²) < 4.78 is 0. The Balaban J connectivity index is 2.49. The third-order valence-electron chi connectivity index (χ3n) is 2.64. The fourth-order valence-corrected chi connectivity index (χ4v) is 1.62. The zero-order valence-electron chi connectivity index (χ0n) is 11.2. The lowest BCUT2D eigenvalue weighted by Crippen LogP contribution is -2.36. The Morgan fingerprint density at radius 2 is 1.79 bits per heavy atom. The summed E-state index contributed by atoms with van der Waals surface area (Å²) >= 11 is 5.48. The Labute approximate surface area is 118 Å². The number of hydrogen-bond acceptors (Lipinski definition) is 2. The van der Waals surface area contributed by atoms with Gasteiger partial charge >= 0.3 is 11.8 Å². The van der Waals surface area contributed by atoms with Gasteiger partial charge in [0.2, 0.25) is 0 Å². The molecular weight excluding hydrogens is 264 g/mol. The van der Waals surface area contributed by atoms with Crippen molar-refractivity contribution in [2.75, 3.05) is 17.7 Å². The number of amides is 2. The molecule has 2 amide bonds. The molecule has 19 heavy (non-hydrogen) atoms. The molecule has 0 radical (unpaired) electrons. The van der Waals surface area contributed by atoms with Crippen molar-refractivity contribution in [3.63, 3.8) is 0 Å². The van der Waals surface area contributed by atoms with Crippen molar-refractivity contribution in [1.82, 2.24) is 5.32 Å². The van der Waals surface area contributed by atoms with Crippen LogP contribution in [0.1, 0.15) is 31.7 Å². The zero-order valence-corrected chi connectivity index (χ0v) is 12.0. The number of anilines is 1. The molecule has 4 nitrogen and oxygen atoms in total. The standard InChI is InChI=1S/C14H19ClN2O2/c1-10(2)11-4-6-12(7-5-11)17-14(19)13(18)16-9-3-8-15/h4-7,10H,3,8-9H2,1-2H3,(H,16,18)(H,17,19). The van der Waals surface area contributed by atoms with E-state index in [-0.39, 0.29) is 0 Å². The minimum Gasteiger partial charge on any atom is -0.348 e. The third kappa shape index (κ3) is 5.30. The smallest absolute Gasteiger partial charge is 0.313 e. The first-order valence-corrected chi connectivity index (χ1v) is 6.83. The van der Waals surface area contributed by atoms with Crippen molar-refractivity contribution < 1.29 is 9.59 Å². The molecule has 5 heteroatoms. The van der Waals surface area contributed by atoms with Gasteiger partial charge in [-0.2, -0.15) is 0 Å². The molecule has 2 N–H and O–H groups in total. The molecule has 0 heterocycles. The molecule has 0 saturated carbocycles. The Morgan fingerprint density at radius 3 is 2.32 bits per heavy atom. The quantitative estimate of drug-likeness (QED) is 0.495. The Hall–Kier alpha value is -1.55. The number of alkyl halides is 1. The maximum Gasteiger partial charge on any atom is 0.313 e. The molecule has 0 saturated heterocycles. The molecular formula is C14H19ClN2O2. The number of benzene rings is 1. The van der Waals surface area contributed by atoms with Gasteiger partial charge in [0.05, 0.1) is 0 Å². The predicted molar refractivity (Wildman–Crippen MR) is 77.5 cm³/mol. The van der Waals surface area contributed by atoms with Crippen LogP contribution in [-0.2, 0) is 9.59 Å². The van der Waals surface area contributed by atoms with E-state index in [4.69, 9.17) is 11.6 Å². The van der Waals surface area contributed by atoms with Crippen LogP contribution >= 0.6 is 11.6 Å². The van der Waals surface area contributed by atoms with Crippen LogP contribution in [-0.4, -0.2) is 24.2 Å². The van der Waals surface area contributed by atoms with E-state index >= 15 is 0 Å². The molecule has 104 valence electrons. The minimum absolute atomic E-state index is 0.405. The van der Waals surface area contributed by atoms with Gasteiger partial charge in [0, 0.05) is 18.1 Å². The van der Waals surface area contributed by atoms with E-state index in [1.54, 1.807) is 12.1 Å². The van der Waals surface area contributed by atoms with Gasteiger partial charge < -0.3 is 10.6 Å². The summed E-state index contributed by atoms with van der Waals surface area (Å²) in [6.07, 6.45) is 0.643. The monoisotopic (exact) mass is 282 g/mol. The normalized spacial score (nSPS) is 10.3. The number of carbonyl (C=O) groups excluding carboxylic acids is 2. The van der Waals surface area contributed by atoms with Crippen molar-refractivity contribution in [1.29, 1.82) is 0 Å². The van der Waals surface area contributed by atoms with Crippen LogP contribution in [0.2, 0.25) is 0 Å². The molecule has 1 aromatic rings. The first kappa shape index (κ1) is 15.5. The van der Waals surface area contributed by atoms with Crippen LogP contribution in [0.3, 0.4) is 0 Å². The van der Waals surface area contributed by atoms with Gasteiger partial charge in [0.25, 0.3) is 0 Å². The largest absolute Gasteiger partial charge is 0.348 e. The molecule has 0 bridgehead atoms. The van der Waals surface area contributed by atoms with E-state index in [1.807, 2.05) is 12.1 Å². The Bertz CT molecular complexity index is 430. The van der Waals surface area contributed by atoms with Crippen LogP contribution in [0.5, 0.6) is 0 Å². The van der Waals surface area contributed by atoms with Gasteiger partial charge in [-0.15, -0.1) is 11.6 Å². The lowest BCUT2D eigenvalue weighted by molar-refractivity contribution is -0.136. The van der Waals surface area contributed by atoms with Crippen molar-refractivity contribution in [3.05, 3.63) is 29.8 Å². The third-order valence-corrected chi connectivity index (χ3v) is 2.90. The van der Waals surface area contributed by atoms with Crippen LogP contribution in [0.4, 0.5) is 5.69 Å². The highest BCUT2D eigenvalue weighted by Crippen LogP contribution is 2.16. The molecule has 0 fully saturated rings. The summed E-state index contributed by atoms with van der Waals surface area (Å²) in [6, 6.07) is 7.45. The molecule has 0 unspecified atom stereocenters. The molecule has 0 aliphatic rings. The van der Waals surface area contributed by atoms with Crippen molar-refractivity contribution in [2.24, 2.45) is 0 Å². The maximum atomic E-state index is 11.6. The van der Waals surface area contributed by atoms with Crippen LogP contribution in [0.15, 0.2) is 24.3 Å². The van der Waals surface area contributed by atoms with Gasteiger partial charge in [-0.05, 0) is 30.0 Å². The summed E-state index contributed by atoms with van der Waals surface area (Å²) in [5.41, 5.74) is 1.80.